The molecule has 1 aliphatic heterocycles. The summed E-state index contributed by atoms with van der Waals surface area (Å²) in [4.78, 5) is 50.7. The number of rotatable bonds is 6. The summed E-state index contributed by atoms with van der Waals surface area (Å²) in [5, 5.41) is 0. The largest absolute Gasteiger partial charge is 0.452 e. The molecule has 2 aromatic rings. The van der Waals surface area contributed by atoms with Gasteiger partial charge in [0.05, 0.1) is 11.3 Å². The first-order valence-corrected chi connectivity index (χ1v) is 8.86. The van der Waals surface area contributed by atoms with Crippen LogP contribution in [0.25, 0.3) is 0 Å². The molecule has 3 amide bonds. The second-order valence-electron chi connectivity index (χ2n) is 6.48. The minimum absolute atomic E-state index is 0.162. The van der Waals surface area contributed by atoms with Crippen LogP contribution in [0.3, 0.4) is 0 Å². The molecule has 3 rings (SSSR count). The second-order valence-corrected chi connectivity index (χ2v) is 6.48. The summed E-state index contributed by atoms with van der Waals surface area (Å²) in [6.45, 7) is 0.0138. The maximum absolute atomic E-state index is 12.3. The van der Waals surface area contributed by atoms with E-state index < -0.39 is 12.6 Å². The van der Waals surface area contributed by atoms with Crippen LogP contribution in [0.15, 0.2) is 54.6 Å². The Morgan fingerprint density at radius 3 is 2.36 bits per heavy atom. The van der Waals surface area contributed by atoms with E-state index >= 15 is 0 Å². The number of hydrogen-bond acceptors (Lipinski definition) is 5. The van der Waals surface area contributed by atoms with E-state index in [1.165, 1.54) is 17.0 Å². The zero-order chi connectivity index (χ0) is 20.1. The number of amides is 3. The van der Waals surface area contributed by atoms with Crippen molar-refractivity contribution < 1.29 is 23.9 Å². The van der Waals surface area contributed by atoms with Crippen molar-refractivity contribution in [2.45, 2.75) is 19.4 Å². The highest BCUT2D eigenvalue weighted by molar-refractivity contribution is 6.20. The molecule has 0 atom stereocenters. The lowest BCUT2D eigenvalue weighted by atomic mass is 10.2. The molecule has 144 valence electrons. The van der Waals surface area contributed by atoms with Gasteiger partial charge in [0, 0.05) is 26.4 Å². The molecule has 7 heteroatoms. The highest BCUT2D eigenvalue weighted by atomic mass is 16.5. The fourth-order valence-corrected chi connectivity index (χ4v) is 2.90. The zero-order valence-electron chi connectivity index (χ0n) is 15.5. The van der Waals surface area contributed by atoms with E-state index in [1.54, 1.807) is 19.2 Å². The van der Waals surface area contributed by atoms with Crippen molar-refractivity contribution in [3.8, 4) is 0 Å². The van der Waals surface area contributed by atoms with Crippen LogP contribution >= 0.6 is 0 Å². The third-order valence-corrected chi connectivity index (χ3v) is 4.41. The van der Waals surface area contributed by atoms with Crippen LogP contribution in [0, 0.1) is 0 Å². The molecule has 1 heterocycles. The number of esters is 1. The predicted molar refractivity (Wildman–Crippen MR) is 101 cm³/mol. The van der Waals surface area contributed by atoms with Crippen molar-refractivity contribution in [2.75, 3.05) is 18.6 Å². The fourth-order valence-electron chi connectivity index (χ4n) is 2.90. The molecule has 0 aliphatic carbocycles. The SMILES string of the molecule is CN(Cc1ccccc1)C(=O)COC(=O)c1cccc(N2C(=O)CCC2=O)c1. The Hall–Kier alpha value is -3.48. The average Bonchev–Trinajstić information content (AvgIpc) is 3.04. The van der Waals surface area contributed by atoms with Crippen molar-refractivity contribution in [2.24, 2.45) is 0 Å². The van der Waals surface area contributed by atoms with Crippen molar-refractivity contribution in [1.29, 1.82) is 0 Å². The summed E-state index contributed by atoms with van der Waals surface area (Å²) in [6.07, 6.45) is 0.325. The minimum Gasteiger partial charge on any atom is -0.452 e. The summed E-state index contributed by atoms with van der Waals surface area (Å²) in [6, 6.07) is 15.5. The average molecular weight is 380 g/mol. The van der Waals surface area contributed by atoms with Crippen molar-refractivity contribution in [3.63, 3.8) is 0 Å². The number of imide groups is 1. The summed E-state index contributed by atoms with van der Waals surface area (Å²) in [7, 11) is 1.63. The normalized spacial score (nSPS) is 13.5. The van der Waals surface area contributed by atoms with Crippen molar-refractivity contribution >= 4 is 29.4 Å². The Labute approximate surface area is 162 Å². The van der Waals surface area contributed by atoms with Crippen LogP contribution < -0.4 is 4.90 Å². The first-order valence-electron chi connectivity index (χ1n) is 8.86. The van der Waals surface area contributed by atoms with Gasteiger partial charge in [-0.15, -0.1) is 0 Å². The van der Waals surface area contributed by atoms with E-state index in [9.17, 15) is 19.2 Å². The summed E-state index contributed by atoms with van der Waals surface area (Å²) >= 11 is 0. The van der Waals surface area contributed by atoms with Crippen LogP contribution in [-0.2, 0) is 25.7 Å². The predicted octanol–water partition coefficient (Wildman–Crippen LogP) is 2.16. The topological polar surface area (TPSA) is 84.0 Å². The Balaban J connectivity index is 1.59. The minimum atomic E-state index is -0.692. The van der Waals surface area contributed by atoms with Gasteiger partial charge in [0.2, 0.25) is 11.8 Å². The number of benzene rings is 2. The van der Waals surface area contributed by atoms with Crippen molar-refractivity contribution in [3.05, 3.63) is 65.7 Å². The molecule has 1 fully saturated rings. The van der Waals surface area contributed by atoms with Gasteiger partial charge in [-0.25, -0.2) is 4.79 Å². The number of anilines is 1. The third kappa shape index (κ3) is 4.43. The number of nitrogens with zero attached hydrogens (tertiary/aromatic N) is 2. The molecule has 0 spiro atoms. The number of carbonyl (C=O) groups is 4. The van der Waals surface area contributed by atoms with Gasteiger partial charge in [0.25, 0.3) is 5.91 Å². The molecule has 2 aromatic carbocycles. The van der Waals surface area contributed by atoms with Gasteiger partial charge in [-0.2, -0.15) is 0 Å². The zero-order valence-corrected chi connectivity index (χ0v) is 15.5. The Bertz CT molecular complexity index is 894. The highest BCUT2D eigenvalue weighted by Gasteiger charge is 2.30. The molecular weight excluding hydrogens is 360 g/mol. The van der Waals surface area contributed by atoms with Gasteiger partial charge in [-0.05, 0) is 23.8 Å². The smallest absolute Gasteiger partial charge is 0.338 e. The van der Waals surface area contributed by atoms with Crippen LogP contribution in [0.2, 0.25) is 0 Å². The Morgan fingerprint density at radius 1 is 1.00 bits per heavy atom. The third-order valence-electron chi connectivity index (χ3n) is 4.41. The van der Waals surface area contributed by atoms with Crippen LogP contribution in [0.1, 0.15) is 28.8 Å². The molecule has 0 aromatic heterocycles. The number of carbonyl (C=O) groups excluding carboxylic acids is 4. The first kappa shape index (κ1) is 19.3. The van der Waals surface area contributed by atoms with E-state index in [2.05, 4.69) is 0 Å². The van der Waals surface area contributed by atoms with Crippen molar-refractivity contribution in [1.82, 2.24) is 4.90 Å². The first-order chi connectivity index (χ1) is 13.5. The van der Waals surface area contributed by atoms with Gasteiger partial charge in [-0.3, -0.25) is 19.3 Å². The molecule has 0 bridgehead atoms. The number of ether oxygens (including phenoxy) is 1. The Kier molecular flexibility index (Phi) is 5.84. The van der Waals surface area contributed by atoms with E-state index in [4.69, 9.17) is 4.74 Å². The lowest BCUT2D eigenvalue weighted by Gasteiger charge is -2.17. The van der Waals surface area contributed by atoms with Gasteiger partial charge in [-0.1, -0.05) is 36.4 Å². The molecule has 0 N–H and O–H groups in total. The van der Waals surface area contributed by atoms with Gasteiger partial charge < -0.3 is 9.64 Å². The van der Waals surface area contributed by atoms with E-state index in [0.29, 0.717) is 12.2 Å². The quantitative estimate of drug-likeness (QED) is 0.566. The van der Waals surface area contributed by atoms with E-state index in [0.717, 1.165) is 10.5 Å². The van der Waals surface area contributed by atoms with Gasteiger partial charge in [0.1, 0.15) is 0 Å². The van der Waals surface area contributed by atoms with Gasteiger partial charge in [0.15, 0.2) is 6.61 Å². The maximum Gasteiger partial charge on any atom is 0.338 e. The molecule has 0 radical (unpaired) electrons. The van der Waals surface area contributed by atoms with Crippen LogP contribution in [0.5, 0.6) is 0 Å². The highest BCUT2D eigenvalue weighted by Crippen LogP contribution is 2.23. The summed E-state index contributed by atoms with van der Waals surface area (Å²) in [5.74, 6) is -1.62. The van der Waals surface area contributed by atoms with E-state index in [1.807, 2.05) is 30.3 Å². The molecule has 1 saturated heterocycles. The molecule has 28 heavy (non-hydrogen) atoms. The van der Waals surface area contributed by atoms with E-state index in [-0.39, 0.29) is 36.1 Å². The molecule has 0 unspecified atom stereocenters. The molecule has 0 saturated carbocycles. The van der Waals surface area contributed by atoms with Crippen LogP contribution in [0.4, 0.5) is 5.69 Å². The molecule has 7 nitrogen and oxygen atoms in total. The lowest BCUT2D eigenvalue weighted by Crippen LogP contribution is -2.31. The fraction of sp³-hybridized carbons (Fsp3) is 0.238. The monoisotopic (exact) mass is 380 g/mol. The number of hydrogen-bond donors (Lipinski definition) is 0. The maximum atomic E-state index is 12.3. The summed E-state index contributed by atoms with van der Waals surface area (Å²) in [5.41, 5.74) is 1.47. The lowest BCUT2D eigenvalue weighted by molar-refractivity contribution is -0.133. The standard InChI is InChI=1S/C21H20N2O5/c1-22(13-15-6-3-2-4-7-15)20(26)14-28-21(27)16-8-5-9-17(12-16)23-18(24)10-11-19(23)25/h2-9,12H,10-11,13-14H2,1H3. The van der Waals surface area contributed by atoms with Crippen LogP contribution in [-0.4, -0.2) is 42.2 Å². The number of likely N-dealkylation sites (N-methyl/N-ethyl adjacent to an activating group) is 1. The summed E-state index contributed by atoms with van der Waals surface area (Å²) < 4.78 is 5.10. The molecular formula is C21H20N2O5. The Morgan fingerprint density at radius 2 is 1.68 bits per heavy atom. The second kappa shape index (κ2) is 8.47. The van der Waals surface area contributed by atoms with Gasteiger partial charge >= 0.3 is 5.97 Å². The molecule has 1 aliphatic rings.